The van der Waals surface area contributed by atoms with Crippen LogP contribution in [0.4, 0.5) is 0 Å². The van der Waals surface area contributed by atoms with Gasteiger partial charge in [0, 0.05) is 18.2 Å². The summed E-state index contributed by atoms with van der Waals surface area (Å²) >= 11 is 0. The van der Waals surface area contributed by atoms with Gasteiger partial charge in [0.05, 0.1) is 6.42 Å². The summed E-state index contributed by atoms with van der Waals surface area (Å²) in [5, 5.41) is 12.6. The minimum atomic E-state index is -0.812. The Balaban J connectivity index is 1.72. The first kappa shape index (κ1) is 16.3. The van der Waals surface area contributed by atoms with E-state index < -0.39 is 5.97 Å². The maximum Gasteiger partial charge on any atom is 0.305 e. The number of carboxylic acids is 1. The van der Waals surface area contributed by atoms with Gasteiger partial charge in [-0.3, -0.25) is 4.79 Å². The van der Waals surface area contributed by atoms with Gasteiger partial charge in [0.15, 0.2) is 0 Å². The van der Waals surface area contributed by atoms with Gasteiger partial charge in [0.2, 0.25) is 0 Å². The molecule has 1 atom stereocenters. The highest BCUT2D eigenvalue weighted by Crippen LogP contribution is 2.26. The average molecular weight is 323 g/mol. The Kier molecular flexibility index (Phi) is 4.96. The van der Waals surface area contributed by atoms with Crippen molar-refractivity contribution in [2.24, 2.45) is 0 Å². The third kappa shape index (κ3) is 4.03. The Bertz CT molecular complexity index is 767. The summed E-state index contributed by atoms with van der Waals surface area (Å²) in [6.07, 6.45) is 2.16. The first-order chi connectivity index (χ1) is 11.6. The number of carbonyl (C=O) groups is 1. The van der Waals surface area contributed by atoms with Gasteiger partial charge in [-0.25, -0.2) is 0 Å². The number of fused-ring (bicyclic) bond motifs is 1. The number of hydrogen-bond donors (Lipinski definition) is 2. The van der Waals surface area contributed by atoms with E-state index in [0.29, 0.717) is 13.2 Å². The highest BCUT2D eigenvalue weighted by atomic mass is 16.5. The molecule has 1 aliphatic rings. The van der Waals surface area contributed by atoms with E-state index in [4.69, 9.17) is 4.74 Å². The molecule has 0 saturated heterocycles. The van der Waals surface area contributed by atoms with Gasteiger partial charge in [-0.05, 0) is 30.2 Å². The van der Waals surface area contributed by atoms with Crippen LogP contribution in [-0.2, 0) is 4.79 Å². The van der Waals surface area contributed by atoms with Crippen LogP contribution in [0.2, 0.25) is 0 Å². The topological polar surface area (TPSA) is 58.6 Å². The molecule has 1 heterocycles. The molecule has 3 rings (SSSR count). The lowest BCUT2D eigenvalue weighted by molar-refractivity contribution is -0.137. The van der Waals surface area contributed by atoms with Crippen molar-refractivity contribution < 1.29 is 14.6 Å². The molecule has 0 saturated carbocycles. The molecule has 0 bridgehead atoms. The van der Waals surface area contributed by atoms with E-state index >= 15 is 0 Å². The molecule has 2 aromatic rings. The van der Waals surface area contributed by atoms with Gasteiger partial charge in [-0.15, -0.1) is 0 Å². The molecule has 124 valence electrons. The molecule has 0 fully saturated rings. The molecular formula is C20H21NO3. The molecule has 0 aromatic heterocycles. The molecule has 2 N–H and O–H groups in total. The summed E-state index contributed by atoms with van der Waals surface area (Å²) < 4.78 is 5.75. The lowest BCUT2D eigenvalue weighted by Crippen LogP contribution is -2.28. The van der Waals surface area contributed by atoms with Crippen LogP contribution >= 0.6 is 0 Å². The summed E-state index contributed by atoms with van der Waals surface area (Å²) in [5.41, 5.74) is 4.29. The summed E-state index contributed by atoms with van der Waals surface area (Å²) in [7, 11) is 0. The second-order valence-electron chi connectivity index (χ2n) is 6.07. The minimum Gasteiger partial charge on any atom is -0.489 e. The van der Waals surface area contributed by atoms with Crippen LogP contribution in [0.5, 0.6) is 5.75 Å². The highest BCUT2D eigenvalue weighted by Gasteiger charge is 2.17. The SMILES string of the molecule is Cc1cccc(C(CC(=O)O)NCC2=Cc3ccccc3OC2)c1. The number of nitrogens with one attached hydrogen (secondary N) is 1. The standard InChI is InChI=1S/C20H21NO3/c1-14-5-4-7-16(9-14)18(11-20(22)23)21-12-15-10-17-6-2-3-8-19(17)24-13-15/h2-10,18,21H,11-13H2,1H3,(H,22,23). The zero-order chi connectivity index (χ0) is 16.9. The van der Waals surface area contributed by atoms with Gasteiger partial charge in [0.1, 0.15) is 12.4 Å². The largest absolute Gasteiger partial charge is 0.489 e. The number of ether oxygens (including phenoxy) is 1. The third-order valence-corrected chi connectivity index (χ3v) is 4.09. The Morgan fingerprint density at radius 2 is 2.08 bits per heavy atom. The molecule has 2 aromatic carbocycles. The quantitative estimate of drug-likeness (QED) is 0.853. The van der Waals surface area contributed by atoms with Crippen LogP contribution in [0.25, 0.3) is 6.08 Å². The lowest BCUT2D eigenvalue weighted by atomic mass is 10.0. The Morgan fingerprint density at radius 3 is 2.88 bits per heavy atom. The molecule has 1 unspecified atom stereocenters. The van der Waals surface area contributed by atoms with Crippen molar-refractivity contribution in [3.63, 3.8) is 0 Å². The molecular weight excluding hydrogens is 302 g/mol. The van der Waals surface area contributed by atoms with Crippen LogP contribution in [0.3, 0.4) is 0 Å². The van der Waals surface area contributed by atoms with Crippen molar-refractivity contribution in [1.82, 2.24) is 5.32 Å². The number of rotatable bonds is 6. The van der Waals surface area contributed by atoms with Crippen molar-refractivity contribution in [3.05, 3.63) is 70.8 Å². The number of para-hydroxylation sites is 1. The number of aryl methyl sites for hydroxylation is 1. The molecule has 1 aliphatic heterocycles. The van der Waals surface area contributed by atoms with Crippen molar-refractivity contribution in [2.75, 3.05) is 13.2 Å². The molecule has 24 heavy (non-hydrogen) atoms. The monoisotopic (exact) mass is 323 g/mol. The molecule has 4 nitrogen and oxygen atoms in total. The van der Waals surface area contributed by atoms with E-state index in [0.717, 1.165) is 28.0 Å². The van der Waals surface area contributed by atoms with Gasteiger partial charge >= 0.3 is 5.97 Å². The van der Waals surface area contributed by atoms with Gasteiger partial charge in [-0.1, -0.05) is 48.0 Å². The first-order valence-corrected chi connectivity index (χ1v) is 8.05. The summed E-state index contributed by atoms with van der Waals surface area (Å²) in [6, 6.07) is 15.7. The lowest BCUT2D eigenvalue weighted by Gasteiger charge is -2.22. The number of benzene rings is 2. The van der Waals surface area contributed by atoms with Crippen LogP contribution in [0.15, 0.2) is 54.1 Å². The Labute approximate surface area is 141 Å². The fraction of sp³-hybridized carbons (Fsp3) is 0.250. The van der Waals surface area contributed by atoms with E-state index in [2.05, 4.69) is 11.4 Å². The number of hydrogen-bond acceptors (Lipinski definition) is 3. The van der Waals surface area contributed by atoms with Crippen molar-refractivity contribution >= 4 is 12.0 Å². The predicted molar refractivity (Wildman–Crippen MR) is 94.1 cm³/mol. The average Bonchev–Trinajstić information content (AvgIpc) is 2.58. The summed E-state index contributed by atoms with van der Waals surface area (Å²) in [4.78, 5) is 11.2. The maximum atomic E-state index is 11.2. The number of carboxylic acid groups (broad SMARTS) is 1. The van der Waals surface area contributed by atoms with Crippen molar-refractivity contribution in [3.8, 4) is 5.75 Å². The van der Waals surface area contributed by atoms with Gasteiger partial charge in [-0.2, -0.15) is 0 Å². The fourth-order valence-electron chi connectivity index (χ4n) is 2.89. The summed E-state index contributed by atoms with van der Waals surface area (Å²) in [6.45, 7) is 3.13. The molecule has 0 spiro atoms. The molecule has 0 aliphatic carbocycles. The van der Waals surface area contributed by atoms with E-state index in [9.17, 15) is 9.90 Å². The van der Waals surface area contributed by atoms with E-state index in [1.807, 2.05) is 55.5 Å². The second-order valence-corrected chi connectivity index (χ2v) is 6.07. The van der Waals surface area contributed by atoms with Crippen molar-refractivity contribution in [1.29, 1.82) is 0 Å². The van der Waals surface area contributed by atoms with Crippen molar-refractivity contribution in [2.45, 2.75) is 19.4 Å². The zero-order valence-electron chi connectivity index (χ0n) is 13.7. The maximum absolute atomic E-state index is 11.2. The minimum absolute atomic E-state index is 0.0498. The van der Waals surface area contributed by atoms with Crippen LogP contribution in [0, 0.1) is 6.92 Å². The third-order valence-electron chi connectivity index (χ3n) is 4.09. The van der Waals surface area contributed by atoms with Crippen LogP contribution in [0.1, 0.15) is 29.2 Å². The van der Waals surface area contributed by atoms with Crippen LogP contribution in [-0.4, -0.2) is 24.2 Å². The zero-order valence-corrected chi connectivity index (χ0v) is 13.7. The predicted octanol–water partition coefficient (Wildman–Crippen LogP) is 3.58. The van der Waals surface area contributed by atoms with Crippen LogP contribution < -0.4 is 10.1 Å². The Hall–Kier alpha value is -2.59. The molecule has 0 amide bonds. The highest BCUT2D eigenvalue weighted by molar-refractivity contribution is 5.68. The molecule has 0 radical (unpaired) electrons. The first-order valence-electron chi connectivity index (χ1n) is 8.05. The smallest absolute Gasteiger partial charge is 0.305 e. The van der Waals surface area contributed by atoms with Gasteiger partial charge < -0.3 is 15.2 Å². The summed E-state index contributed by atoms with van der Waals surface area (Å²) in [5.74, 6) is 0.0789. The van der Waals surface area contributed by atoms with E-state index in [1.54, 1.807) is 0 Å². The number of aliphatic carboxylic acids is 1. The second kappa shape index (κ2) is 7.32. The van der Waals surface area contributed by atoms with Gasteiger partial charge in [0.25, 0.3) is 0 Å². The fourth-order valence-corrected chi connectivity index (χ4v) is 2.89. The Morgan fingerprint density at radius 1 is 1.25 bits per heavy atom. The van der Waals surface area contributed by atoms with E-state index in [-0.39, 0.29) is 12.5 Å². The molecule has 4 heteroatoms. The normalized spacial score (nSPS) is 14.3. The van der Waals surface area contributed by atoms with E-state index in [1.165, 1.54) is 0 Å².